The second kappa shape index (κ2) is 3.76. The van der Waals surface area contributed by atoms with Crippen LogP contribution in [0.3, 0.4) is 0 Å². The fraction of sp³-hybridized carbons (Fsp3) is 0.333. The van der Waals surface area contributed by atoms with E-state index in [0.29, 0.717) is 24.0 Å². The van der Waals surface area contributed by atoms with E-state index in [1.165, 1.54) is 0 Å². The van der Waals surface area contributed by atoms with Gasteiger partial charge in [0.25, 0.3) is 0 Å². The van der Waals surface area contributed by atoms with E-state index in [0.717, 1.165) is 16.6 Å². The van der Waals surface area contributed by atoms with E-state index >= 15 is 0 Å². The largest absolute Gasteiger partial charge is 0.490 e. The third-order valence-electron chi connectivity index (χ3n) is 1.81. The van der Waals surface area contributed by atoms with Crippen molar-refractivity contribution in [2.75, 3.05) is 13.2 Å². The van der Waals surface area contributed by atoms with Crippen molar-refractivity contribution >= 4 is 27.5 Å². The first kappa shape index (κ1) is 9.16. The number of halogens is 2. The van der Waals surface area contributed by atoms with Gasteiger partial charge in [-0.1, -0.05) is 11.6 Å². The van der Waals surface area contributed by atoms with E-state index in [2.05, 4.69) is 15.9 Å². The van der Waals surface area contributed by atoms with Crippen molar-refractivity contribution in [2.24, 2.45) is 0 Å². The smallest absolute Gasteiger partial charge is 0.176 e. The zero-order valence-corrected chi connectivity index (χ0v) is 9.19. The van der Waals surface area contributed by atoms with E-state index in [1.807, 2.05) is 6.07 Å². The molecule has 0 radical (unpaired) electrons. The van der Waals surface area contributed by atoms with Crippen LogP contribution >= 0.6 is 27.5 Å². The summed E-state index contributed by atoms with van der Waals surface area (Å²) in [6, 6.07) is 3.62. The Kier molecular flexibility index (Phi) is 2.65. The third kappa shape index (κ3) is 1.76. The molecule has 0 aromatic heterocycles. The van der Waals surface area contributed by atoms with E-state index in [1.54, 1.807) is 6.07 Å². The predicted octanol–water partition coefficient (Wildman–Crippen LogP) is 3.26. The molecule has 0 amide bonds. The van der Waals surface area contributed by atoms with Crippen molar-refractivity contribution in [3.63, 3.8) is 0 Å². The summed E-state index contributed by atoms with van der Waals surface area (Å²) in [5.74, 6) is 1.47. The zero-order valence-electron chi connectivity index (χ0n) is 6.85. The standard InChI is InChI=1S/C9H8BrClO2/c10-8-6(11)2-3-7-9(8)13-5-1-4-12-7/h2-3H,1,4-5H2. The Morgan fingerprint density at radius 1 is 1.23 bits per heavy atom. The Bertz CT molecular complexity index is 328. The summed E-state index contributed by atoms with van der Waals surface area (Å²) in [6.07, 6.45) is 0.902. The molecule has 13 heavy (non-hydrogen) atoms. The highest BCUT2D eigenvalue weighted by Gasteiger charge is 2.15. The van der Waals surface area contributed by atoms with Gasteiger partial charge in [0.15, 0.2) is 11.5 Å². The van der Waals surface area contributed by atoms with Gasteiger partial charge in [-0.2, -0.15) is 0 Å². The van der Waals surface area contributed by atoms with Gasteiger partial charge in [-0.25, -0.2) is 0 Å². The van der Waals surface area contributed by atoms with Crippen molar-refractivity contribution in [1.29, 1.82) is 0 Å². The summed E-state index contributed by atoms with van der Waals surface area (Å²) >= 11 is 9.28. The van der Waals surface area contributed by atoms with Crippen molar-refractivity contribution < 1.29 is 9.47 Å². The monoisotopic (exact) mass is 262 g/mol. The molecule has 1 heterocycles. The zero-order chi connectivity index (χ0) is 9.26. The minimum Gasteiger partial charge on any atom is -0.490 e. The van der Waals surface area contributed by atoms with Crippen LogP contribution in [-0.2, 0) is 0 Å². The minimum absolute atomic E-state index is 0.643. The summed E-state index contributed by atoms with van der Waals surface area (Å²) in [4.78, 5) is 0. The van der Waals surface area contributed by atoms with Crippen LogP contribution in [0.25, 0.3) is 0 Å². The first-order valence-corrected chi connectivity index (χ1v) is 5.20. The minimum atomic E-state index is 0.643. The van der Waals surface area contributed by atoms with Crippen molar-refractivity contribution in [3.05, 3.63) is 21.6 Å². The Morgan fingerprint density at radius 2 is 2.00 bits per heavy atom. The van der Waals surface area contributed by atoms with Gasteiger partial charge in [0.05, 0.1) is 22.7 Å². The topological polar surface area (TPSA) is 18.5 Å². The lowest BCUT2D eigenvalue weighted by molar-refractivity contribution is 0.296. The number of hydrogen-bond donors (Lipinski definition) is 0. The molecule has 0 fully saturated rings. The van der Waals surface area contributed by atoms with Crippen LogP contribution in [0.2, 0.25) is 5.02 Å². The Labute approximate surface area is 89.9 Å². The van der Waals surface area contributed by atoms with Gasteiger partial charge in [-0.3, -0.25) is 0 Å². The maximum atomic E-state index is 5.92. The molecule has 70 valence electrons. The maximum absolute atomic E-state index is 5.92. The summed E-state index contributed by atoms with van der Waals surface area (Å²) in [5, 5.41) is 0.643. The summed E-state index contributed by atoms with van der Waals surface area (Å²) in [7, 11) is 0. The predicted molar refractivity (Wildman–Crippen MR) is 54.8 cm³/mol. The molecule has 1 aliphatic rings. The second-order valence-corrected chi connectivity index (χ2v) is 3.94. The lowest BCUT2D eigenvalue weighted by atomic mass is 10.3. The van der Waals surface area contributed by atoms with Gasteiger partial charge in [-0.15, -0.1) is 0 Å². The molecule has 0 atom stereocenters. The SMILES string of the molecule is Clc1ccc2c(c1Br)OCCCO2. The van der Waals surface area contributed by atoms with E-state index in [4.69, 9.17) is 21.1 Å². The van der Waals surface area contributed by atoms with Gasteiger partial charge in [0.1, 0.15) is 0 Å². The molecule has 0 spiro atoms. The van der Waals surface area contributed by atoms with Crippen LogP contribution in [0, 0.1) is 0 Å². The van der Waals surface area contributed by atoms with Gasteiger partial charge < -0.3 is 9.47 Å². The molecule has 0 N–H and O–H groups in total. The summed E-state index contributed by atoms with van der Waals surface area (Å²) < 4.78 is 11.7. The van der Waals surface area contributed by atoms with Crippen LogP contribution in [0.4, 0.5) is 0 Å². The van der Waals surface area contributed by atoms with Gasteiger partial charge in [0, 0.05) is 6.42 Å². The summed E-state index contributed by atoms with van der Waals surface area (Å²) in [5.41, 5.74) is 0. The number of benzene rings is 1. The molecular formula is C9H8BrClO2. The van der Waals surface area contributed by atoms with E-state index in [9.17, 15) is 0 Å². The quantitative estimate of drug-likeness (QED) is 0.715. The normalized spacial score (nSPS) is 15.2. The lowest BCUT2D eigenvalue weighted by Gasteiger charge is -2.09. The highest BCUT2D eigenvalue weighted by molar-refractivity contribution is 9.10. The van der Waals surface area contributed by atoms with Crippen LogP contribution < -0.4 is 9.47 Å². The van der Waals surface area contributed by atoms with Gasteiger partial charge >= 0.3 is 0 Å². The van der Waals surface area contributed by atoms with Crippen LogP contribution in [0.5, 0.6) is 11.5 Å². The van der Waals surface area contributed by atoms with Gasteiger partial charge in [-0.05, 0) is 28.1 Å². The van der Waals surface area contributed by atoms with Crippen LogP contribution in [0.1, 0.15) is 6.42 Å². The van der Waals surface area contributed by atoms with Crippen LogP contribution in [0.15, 0.2) is 16.6 Å². The molecule has 1 aromatic rings. The molecule has 0 aliphatic carbocycles. The Morgan fingerprint density at radius 3 is 2.85 bits per heavy atom. The van der Waals surface area contributed by atoms with Crippen LogP contribution in [-0.4, -0.2) is 13.2 Å². The highest BCUT2D eigenvalue weighted by atomic mass is 79.9. The molecule has 4 heteroatoms. The Hall–Kier alpha value is -0.410. The van der Waals surface area contributed by atoms with E-state index in [-0.39, 0.29) is 0 Å². The van der Waals surface area contributed by atoms with Crippen molar-refractivity contribution in [1.82, 2.24) is 0 Å². The average Bonchev–Trinajstić information content (AvgIpc) is 2.36. The number of hydrogen-bond acceptors (Lipinski definition) is 2. The number of fused-ring (bicyclic) bond motifs is 1. The first-order valence-electron chi connectivity index (χ1n) is 4.02. The third-order valence-corrected chi connectivity index (χ3v) is 3.14. The molecular weight excluding hydrogens is 255 g/mol. The van der Waals surface area contributed by atoms with Crippen molar-refractivity contribution in [2.45, 2.75) is 6.42 Å². The summed E-state index contributed by atoms with van der Waals surface area (Å²) in [6.45, 7) is 1.37. The van der Waals surface area contributed by atoms with E-state index < -0.39 is 0 Å². The fourth-order valence-corrected chi connectivity index (χ4v) is 1.77. The molecule has 1 aromatic carbocycles. The fourth-order valence-electron chi connectivity index (χ4n) is 1.18. The molecule has 0 saturated carbocycles. The molecule has 2 nitrogen and oxygen atoms in total. The first-order chi connectivity index (χ1) is 6.29. The molecule has 2 rings (SSSR count). The second-order valence-electron chi connectivity index (χ2n) is 2.74. The van der Waals surface area contributed by atoms with Gasteiger partial charge in [0.2, 0.25) is 0 Å². The lowest BCUT2D eigenvalue weighted by Crippen LogP contribution is -1.97. The van der Waals surface area contributed by atoms with Crippen molar-refractivity contribution in [3.8, 4) is 11.5 Å². The number of ether oxygens (including phenoxy) is 2. The molecule has 0 saturated heterocycles. The molecule has 0 bridgehead atoms. The molecule has 0 unspecified atom stereocenters. The average molecular weight is 264 g/mol. The maximum Gasteiger partial charge on any atom is 0.176 e. The Balaban J connectivity index is 2.48. The number of rotatable bonds is 0. The molecule has 1 aliphatic heterocycles. The highest BCUT2D eigenvalue weighted by Crippen LogP contribution is 2.41.